The molecule has 0 bridgehead atoms. The summed E-state index contributed by atoms with van der Waals surface area (Å²) in [6, 6.07) is 4.04. The van der Waals surface area contributed by atoms with Crippen molar-refractivity contribution < 1.29 is 4.79 Å². The van der Waals surface area contributed by atoms with Crippen LogP contribution in [-0.4, -0.2) is 45.6 Å². The first-order chi connectivity index (χ1) is 10.7. The van der Waals surface area contributed by atoms with E-state index >= 15 is 0 Å². The number of thiophene rings is 1. The third kappa shape index (κ3) is 3.92. The number of nitrogens with one attached hydrogen (secondary N) is 2. The number of rotatable bonds is 5. The van der Waals surface area contributed by atoms with E-state index < -0.39 is 0 Å². The van der Waals surface area contributed by atoms with E-state index in [0.717, 1.165) is 37.6 Å². The molecular weight excluding hydrogens is 298 g/mol. The van der Waals surface area contributed by atoms with Crippen molar-refractivity contribution >= 4 is 17.2 Å². The molecule has 1 aliphatic heterocycles. The third-order valence-electron chi connectivity index (χ3n) is 3.89. The summed E-state index contributed by atoms with van der Waals surface area (Å²) in [5.74, 6) is 2.13. The molecule has 118 valence electrons. The molecule has 1 aliphatic rings. The second kappa shape index (κ2) is 7.02. The van der Waals surface area contributed by atoms with Gasteiger partial charge in [0.05, 0.1) is 13.1 Å². The molecule has 7 heteroatoms. The number of H-pyrrole nitrogens is 1. The molecule has 1 fully saturated rings. The third-order valence-corrected chi connectivity index (χ3v) is 4.77. The number of amides is 1. The Hall–Kier alpha value is -1.73. The van der Waals surface area contributed by atoms with Crippen LogP contribution in [0.1, 0.15) is 35.3 Å². The number of hydrogen-bond acceptors (Lipinski definition) is 5. The quantitative estimate of drug-likeness (QED) is 0.879. The lowest BCUT2D eigenvalue weighted by atomic mass is 9.97. The lowest BCUT2D eigenvalue weighted by Crippen LogP contribution is -2.42. The zero-order valence-corrected chi connectivity index (χ0v) is 13.5. The number of nitrogens with zero attached hydrogens (tertiary/aromatic N) is 3. The van der Waals surface area contributed by atoms with Gasteiger partial charge in [0.2, 0.25) is 5.91 Å². The number of piperidine rings is 1. The summed E-state index contributed by atoms with van der Waals surface area (Å²) in [5.41, 5.74) is 0. The van der Waals surface area contributed by atoms with Gasteiger partial charge in [0, 0.05) is 17.3 Å². The summed E-state index contributed by atoms with van der Waals surface area (Å²) in [6.07, 6.45) is 2.17. The molecule has 6 nitrogen and oxygen atoms in total. The van der Waals surface area contributed by atoms with Gasteiger partial charge >= 0.3 is 0 Å². The van der Waals surface area contributed by atoms with E-state index in [-0.39, 0.29) is 5.91 Å². The number of aromatic amines is 1. The Morgan fingerprint density at radius 1 is 1.59 bits per heavy atom. The second-order valence-electron chi connectivity index (χ2n) is 5.71. The van der Waals surface area contributed by atoms with Crippen molar-refractivity contribution in [2.75, 3.05) is 19.6 Å². The Labute approximate surface area is 133 Å². The van der Waals surface area contributed by atoms with E-state index in [2.05, 4.69) is 25.4 Å². The number of hydrogen-bond donors (Lipinski definition) is 2. The number of carbonyl (C=O) groups excluding carboxylic acids is 1. The fourth-order valence-corrected chi connectivity index (χ4v) is 3.45. The van der Waals surface area contributed by atoms with Crippen molar-refractivity contribution in [3.8, 4) is 0 Å². The summed E-state index contributed by atoms with van der Waals surface area (Å²) < 4.78 is 0. The number of likely N-dealkylation sites (tertiary alicyclic amines) is 1. The monoisotopic (exact) mass is 319 g/mol. The smallest absolute Gasteiger partial charge is 0.234 e. The van der Waals surface area contributed by atoms with Crippen LogP contribution in [0, 0.1) is 6.92 Å². The Morgan fingerprint density at radius 3 is 3.23 bits per heavy atom. The fraction of sp³-hybridized carbons (Fsp3) is 0.533. The zero-order valence-electron chi connectivity index (χ0n) is 12.7. The molecular formula is C15H21N5OS. The predicted octanol–water partition coefficient (Wildman–Crippen LogP) is 1.67. The van der Waals surface area contributed by atoms with Crippen molar-refractivity contribution in [1.29, 1.82) is 0 Å². The fourth-order valence-electron chi connectivity index (χ4n) is 2.81. The molecule has 0 spiro atoms. The van der Waals surface area contributed by atoms with Crippen molar-refractivity contribution in [1.82, 2.24) is 25.4 Å². The van der Waals surface area contributed by atoms with Gasteiger partial charge in [-0.2, -0.15) is 5.10 Å². The van der Waals surface area contributed by atoms with Crippen LogP contribution in [0.3, 0.4) is 0 Å². The van der Waals surface area contributed by atoms with E-state index in [9.17, 15) is 4.79 Å². The second-order valence-corrected chi connectivity index (χ2v) is 6.74. The first-order valence-electron chi connectivity index (χ1n) is 7.61. The van der Waals surface area contributed by atoms with Crippen molar-refractivity contribution in [2.45, 2.75) is 32.2 Å². The van der Waals surface area contributed by atoms with Crippen LogP contribution in [0.2, 0.25) is 0 Å². The first kappa shape index (κ1) is 15.2. The number of carbonyl (C=O) groups is 1. The molecule has 3 rings (SSSR count). The van der Waals surface area contributed by atoms with Crippen LogP contribution in [0.25, 0.3) is 0 Å². The molecule has 2 aromatic rings. The van der Waals surface area contributed by atoms with Crippen LogP contribution in [0.5, 0.6) is 0 Å². The van der Waals surface area contributed by atoms with Crippen LogP contribution in [0.4, 0.5) is 0 Å². The summed E-state index contributed by atoms with van der Waals surface area (Å²) >= 11 is 1.66. The van der Waals surface area contributed by atoms with Gasteiger partial charge in [-0.05, 0) is 37.8 Å². The van der Waals surface area contributed by atoms with Crippen LogP contribution >= 0.6 is 11.3 Å². The standard InChI is InChI=1S/C15H21N5OS/c1-11-17-15(19-18-11)12-4-2-6-20(9-12)10-14(21)16-8-13-5-3-7-22-13/h3,5,7,12H,2,4,6,8-10H2,1H3,(H,16,21)(H,17,18,19)/t12-/m1/s1. The molecule has 0 unspecified atom stereocenters. The van der Waals surface area contributed by atoms with Gasteiger partial charge in [-0.25, -0.2) is 4.98 Å². The van der Waals surface area contributed by atoms with E-state index in [1.165, 1.54) is 4.88 Å². The van der Waals surface area contributed by atoms with E-state index in [4.69, 9.17) is 0 Å². The van der Waals surface area contributed by atoms with E-state index in [0.29, 0.717) is 19.0 Å². The van der Waals surface area contributed by atoms with Crippen LogP contribution in [-0.2, 0) is 11.3 Å². The largest absolute Gasteiger partial charge is 0.350 e. The lowest BCUT2D eigenvalue weighted by molar-refractivity contribution is -0.122. The predicted molar refractivity (Wildman–Crippen MR) is 85.7 cm³/mol. The average Bonchev–Trinajstić information content (AvgIpc) is 3.17. The summed E-state index contributed by atoms with van der Waals surface area (Å²) in [4.78, 5) is 19.9. The zero-order chi connectivity index (χ0) is 15.4. The van der Waals surface area contributed by atoms with Gasteiger partial charge in [-0.1, -0.05) is 6.07 Å². The molecule has 1 amide bonds. The highest BCUT2D eigenvalue weighted by Crippen LogP contribution is 2.24. The van der Waals surface area contributed by atoms with E-state index in [1.807, 2.05) is 24.4 Å². The normalized spacial score (nSPS) is 19.2. The van der Waals surface area contributed by atoms with Crippen LogP contribution < -0.4 is 5.32 Å². The maximum Gasteiger partial charge on any atom is 0.234 e. The van der Waals surface area contributed by atoms with Gasteiger partial charge in [0.25, 0.3) is 0 Å². The summed E-state index contributed by atoms with van der Waals surface area (Å²) in [5, 5.41) is 12.2. The maximum absolute atomic E-state index is 12.1. The van der Waals surface area contributed by atoms with Gasteiger partial charge in [0.1, 0.15) is 5.82 Å². The Bertz CT molecular complexity index is 609. The molecule has 3 heterocycles. The number of aromatic nitrogens is 3. The molecule has 0 radical (unpaired) electrons. The minimum absolute atomic E-state index is 0.0835. The van der Waals surface area contributed by atoms with Crippen molar-refractivity contribution in [2.24, 2.45) is 0 Å². The topological polar surface area (TPSA) is 73.9 Å². The Morgan fingerprint density at radius 2 is 2.50 bits per heavy atom. The first-order valence-corrected chi connectivity index (χ1v) is 8.49. The molecule has 0 saturated carbocycles. The average molecular weight is 319 g/mol. The molecule has 1 atom stereocenters. The summed E-state index contributed by atoms with van der Waals surface area (Å²) in [6.45, 7) is 4.80. The molecule has 2 aromatic heterocycles. The highest BCUT2D eigenvalue weighted by atomic mass is 32.1. The molecule has 0 aliphatic carbocycles. The van der Waals surface area contributed by atoms with Crippen molar-refractivity contribution in [3.05, 3.63) is 34.0 Å². The van der Waals surface area contributed by atoms with Crippen LogP contribution in [0.15, 0.2) is 17.5 Å². The molecule has 0 aromatic carbocycles. The molecule has 1 saturated heterocycles. The van der Waals surface area contributed by atoms with Gasteiger partial charge in [-0.3, -0.25) is 14.8 Å². The minimum atomic E-state index is 0.0835. The lowest BCUT2D eigenvalue weighted by Gasteiger charge is -2.30. The molecule has 22 heavy (non-hydrogen) atoms. The maximum atomic E-state index is 12.1. The number of aryl methyl sites for hydroxylation is 1. The highest BCUT2D eigenvalue weighted by Gasteiger charge is 2.25. The minimum Gasteiger partial charge on any atom is -0.350 e. The van der Waals surface area contributed by atoms with Gasteiger partial charge in [0.15, 0.2) is 5.82 Å². The van der Waals surface area contributed by atoms with E-state index in [1.54, 1.807) is 11.3 Å². The SMILES string of the molecule is Cc1nc([C@@H]2CCCN(CC(=O)NCc3cccs3)C2)n[nH]1. The summed E-state index contributed by atoms with van der Waals surface area (Å²) in [7, 11) is 0. The van der Waals surface area contributed by atoms with Crippen molar-refractivity contribution in [3.63, 3.8) is 0 Å². The van der Waals surface area contributed by atoms with Gasteiger partial charge in [-0.15, -0.1) is 11.3 Å². The van der Waals surface area contributed by atoms with Gasteiger partial charge < -0.3 is 5.32 Å². The Kier molecular flexibility index (Phi) is 4.84. The Balaban J connectivity index is 1.48. The molecule has 2 N–H and O–H groups in total. The highest BCUT2D eigenvalue weighted by molar-refractivity contribution is 7.09.